The van der Waals surface area contributed by atoms with E-state index in [1.165, 1.54) is 64.2 Å². The highest BCUT2D eigenvalue weighted by molar-refractivity contribution is 5.84. The molecule has 40 heavy (non-hydrogen) atoms. The normalized spacial score (nSPS) is 46.2. The van der Waals surface area contributed by atoms with Gasteiger partial charge in [-0.05, 0) is 117 Å². The summed E-state index contributed by atoms with van der Waals surface area (Å²) in [5.41, 5.74) is 0.764. The second-order valence-corrected chi connectivity index (χ2v) is 16.3. The Morgan fingerprint density at radius 2 is 1.40 bits per heavy atom. The van der Waals surface area contributed by atoms with Crippen molar-refractivity contribution in [2.45, 2.75) is 138 Å². The first-order valence-electron chi connectivity index (χ1n) is 17.7. The molecular formula is C36H64N2O2. The van der Waals surface area contributed by atoms with E-state index in [0.717, 1.165) is 69.7 Å². The summed E-state index contributed by atoms with van der Waals surface area (Å²) in [7, 11) is 0. The summed E-state index contributed by atoms with van der Waals surface area (Å²) in [4.78, 5) is 19.0. The lowest BCUT2D eigenvalue weighted by Gasteiger charge is -2.69. The summed E-state index contributed by atoms with van der Waals surface area (Å²) in [6.45, 7) is 21.7. The lowest BCUT2D eigenvalue weighted by atomic mass is 9.36. The van der Waals surface area contributed by atoms with Crippen LogP contribution in [0.15, 0.2) is 0 Å². The summed E-state index contributed by atoms with van der Waals surface area (Å²) in [6.07, 6.45) is 16.1. The molecule has 4 heteroatoms. The molecule has 9 atom stereocenters. The standard InChI is InChI=1S/C32H54N2O2.C4H10/c1-6-33-18-20-34(21-19-33)28(36)32-14-7-8-24(32)22-9-10-26-30(4,23(22)11-17-32)15-12-25-29(2,3)27(35)13-16-31(25,26)5;1-3-4-2/h22-27,35H,6-21H2,1-5H3;3-4H2,1-2H3. The molecule has 0 spiro atoms. The van der Waals surface area contributed by atoms with Crippen LogP contribution >= 0.6 is 0 Å². The van der Waals surface area contributed by atoms with Crippen molar-refractivity contribution < 1.29 is 9.90 Å². The number of carbonyl (C=O) groups excluding carboxylic acids is 1. The highest BCUT2D eigenvalue weighted by Gasteiger charge is 2.67. The van der Waals surface area contributed by atoms with Crippen LogP contribution in [-0.4, -0.2) is 59.6 Å². The number of aliphatic hydroxyl groups excluding tert-OH is 1. The van der Waals surface area contributed by atoms with Crippen LogP contribution in [0.2, 0.25) is 0 Å². The molecule has 5 aliphatic carbocycles. The number of hydrogen-bond acceptors (Lipinski definition) is 3. The number of hydrogen-bond donors (Lipinski definition) is 1. The van der Waals surface area contributed by atoms with Gasteiger partial charge < -0.3 is 14.9 Å². The summed E-state index contributed by atoms with van der Waals surface area (Å²) in [5, 5.41) is 10.9. The molecule has 1 saturated heterocycles. The molecule has 0 bridgehead atoms. The fourth-order valence-electron chi connectivity index (χ4n) is 12.2. The second kappa shape index (κ2) is 11.5. The molecule has 6 rings (SSSR count). The van der Waals surface area contributed by atoms with Crippen molar-refractivity contribution in [2.24, 2.45) is 51.2 Å². The van der Waals surface area contributed by atoms with Crippen LogP contribution < -0.4 is 0 Å². The van der Waals surface area contributed by atoms with Crippen LogP contribution in [-0.2, 0) is 4.79 Å². The van der Waals surface area contributed by atoms with Gasteiger partial charge in [-0.3, -0.25) is 4.79 Å². The first-order chi connectivity index (χ1) is 19.0. The zero-order valence-corrected chi connectivity index (χ0v) is 27.4. The molecule has 0 aromatic carbocycles. The number of nitrogens with zero attached hydrogens (tertiary/aromatic N) is 2. The molecule has 4 nitrogen and oxygen atoms in total. The molecule has 0 aromatic heterocycles. The fourth-order valence-corrected chi connectivity index (χ4v) is 12.2. The Hall–Kier alpha value is -0.610. The predicted octanol–water partition coefficient (Wildman–Crippen LogP) is 7.78. The minimum atomic E-state index is -0.143. The number of likely N-dealkylation sites (N-methyl/N-ethyl adjacent to an activating group) is 1. The topological polar surface area (TPSA) is 43.8 Å². The average molecular weight is 557 g/mol. The van der Waals surface area contributed by atoms with Gasteiger partial charge in [-0.25, -0.2) is 0 Å². The number of fused-ring (bicyclic) bond motifs is 7. The lowest BCUT2D eigenvalue weighted by molar-refractivity contribution is -0.215. The highest BCUT2D eigenvalue weighted by atomic mass is 16.3. The predicted molar refractivity (Wildman–Crippen MR) is 166 cm³/mol. The zero-order chi connectivity index (χ0) is 28.9. The molecule has 9 unspecified atom stereocenters. The van der Waals surface area contributed by atoms with E-state index in [-0.39, 0.29) is 16.9 Å². The maximum Gasteiger partial charge on any atom is 0.229 e. The van der Waals surface area contributed by atoms with E-state index in [1.54, 1.807) is 0 Å². The number of amides is 1. The zero-order valence-electron chi connectivity index (χ0n) is 27.4. The van der Waals surface area contributed by atoms with Crippen molar-refractivity contribution in [3.05, 3.63) is 0 Å². The Kier molecular flexibility index (Phi) is 8.85. The third kappa shape index (κ3) is 4.72. The van der Waals surface area contributed by atoms with Crippen LogP contribution in [0.3, 0.4) is 0 Å². The molecule has 0 radical (unpaired) electrons. The van der Waals surface area contributed by atoms with E-state index in [2.05, 4.69) is 58.3 Å². The molecule has 1 aliphatic heterocycles. The summed E-state index contributed by atoms with van der Waals surface area (Å²) in [6, 6.07) is 0. The summed E-state index contributed by atoms with van der Waals surface area (Å²) in [5.74, 6) is 4.14. The molecule has 0 aromatic rings. The number of unbranched alkanes of at least 4 members (excludes halogenated alkanes) is 1. The van der Waals surface area contributed by atoms with Crippen LogP contribution in [0.5, 0.6) is 0 Å². The van der Waals surface area contributed by atoms with Crippen LogP contribution in [0.4, 0.5) is 0 Å². The molecule has 6 fully saturated rings. The van der Waals surface area contributed by atoms with Gasteiger partial charge in [-0.1, -0.05) is 67.7 Å². The maximum absolute atomic E-state index is 14.2. The van der Waals surface area contributed by atoms with E-state index in [1.807, 2.05) is 0 Å². The van der Waals surface area contributed by atoms with Crippen LogP contribution in [0.25, 0.3) is 0 Å². The van der Waals surface area contributed by atoms with Gasteiger partial charge in [0, 0.05) is 26.2 Å². The molecular weight excluding hydrogens is 492 g/mol. The van der Waals surface area contributed by atoms with Crippen LogP contribution in [0, 0.1) is 51.2 Å². The molecule has 1 heterocycles. The van der Waals surface area contributed by atoms with Gasteiger partial charge in [0.05, 0.1) is 11.5 Å². The quantitative estimate of drug-likeness (QED) is 0.386. The fraction of sp³-hybridized carbons (Fsp3) is 0.972. The van der Waals surface area contributed by atoms with E-state index in [9.17, 15) is 9.90 Å². The van der Waals surface area contributed by atoms with Crippen molar-refractivity contribution in [1.29, 1.82) is 0 Å². The Labute approximate surface area is 247 Å². The first kappa shape index (κ1) is 30.8. The van der Waals surface area contributed by atoms with E-state index >= 15 is 0 Å². The largest absolute Gasteiger partial charge is 0.393 e. The third-order valence-electron chi connectivity index (χ3n) is 14.5. The third-order valence-corrected chi connectivity index (χ3v) is 14.5. The van der Waals surface area contributed by atoms with Crippen molar-refractivity contribution in [3.63, 3.8) is 0 Å². The lowest BCUT2D eigenvalue weighted by Crippen LogP contribution is -2.64. The van der Waals surface area contributed by atoms with Gasteiger partial charge in [0.2, 0.25) is 5.91 Å². The monoisotopic (exact) mass is 556 g/mol. The maximum atomic E-state index is 14.2. The van der Waals surface area contributed by atoms with Crippen LogP contribution in [0.1, 0.15) is 132 Å². The SMILES string of the molecule is CCCC.CCN1CCN(C(=O)C23CCCC2C2CCC4C(C)(CCC5C(C)(C)C(O)CCC54C)C2CC3)CC1. The molecule has 1 N–H and O–H groups in total. The minimum absolute atomic E-state index is 0.0343. The number of carbonyl (C=O) groups is 1. The Balaban J connectivity index is 0.000000758. The van der Waals surface area contributed by atoms with Gasteiger partial charge in [0.1, 0.15) is 0 Å². The van der Waals surface area contributed by atoms with Crippen molar-refractivity contribution in [2.75, 3.05) is 32.7 Å². The van der Waals surface area contributed by atoms with Gasteiger partial charge in [-0.2, -0.15) is 0 Å². The van der Waals surface area contributed by atoms with Crippen molar-refractivity contribution in [3.8, 4) is 0 Å². The van der Waals surface area contributed by atoms with E-state index in [4.69, 9.17) is 0 Å². The second-order valence-electron chi connectivity index (χ2n) is 16.3. The van der Waals surface area contributed by atoms with Gasteiger partial charge in [0.15, 0.2) is 0 Å². The average Bonchev–Trinajstić information content (AvgIpc) is 3.41. The van der Waals surface area contributed by atoms with Crippen molar-refractivity contribution >= 4 is 5.91 Å². The van der Waals surface area contributed by atoms with E-state index < -0.39 is 0 Å². The molecule has 6 aliphatic rings. The van der Waals surface area contributed by atoms with Gasteiger partial charge >= 0.3 is 0 Å². The Morgan fingerprint density at radius 3 is 2.05 bits per heavy atom. The van der Waals surface area contributed by atoms with Gasteiger partial charge in [0.25, 0.3) is 0 Å². The number of piperazine rings is 1. The minimum Gasteiger partial charge on any atom is -0.393 e. The van der Waals surface area contributed by atoms with E-state index in [0.29, 0.717) is 28.6 Å². The highest BCUT2D eigenvalue weighted by Crippen LogP contribution is 2.73. The molecule has 230 valence electrons. The van der Waals surface area contributed by atoms with Gasteiger partial charge in [-0.15, -0.1) is 0 Å². The van der Waals surface area contributed by atoms with Crippen molar-refractivity contribution in [1.82, 2.24) is 9.80 Å². The number of aliphatic hydroxyl groups is 1. The summed E-state index contributed by atoms with van der Waals surface area (Å²) >= 11 is 0. The summed E-state index contributed by atoms with van der Waals surface area (Å²) < 4.78 is 0. The Bertz CT molecular complexity index is 893. The Morgan fingerprint density at radius 1 is 0.725 bits per heavy atom. The smallest absolute Gasteiger partial charge is 0.229 e. The molecule has 1 amide bonds. The number of rotatable bonds is 3. The first-order valence-corrected chi connectivity index (χ1v) is 17.7. The molecule has 5 saturated carbocycles.